The largest absolute Gasteiger partial charge is 0.548 e. The summed E-state index contributed by atoms with van der Waals surface area (Å²) in [6, 6.07) is 16.0. The van der Waals surface area contributed by atoms with Gasteiger partial charge in [0.05, 0.1) is 38.0 Å². The fourth-order valence-corrected chi connectivity index (χ4v) is 5.00. The van der Waals surface area contributed by atoms with Crippen molar-refractivity contribution >= 4 is 12.1 Å². The highest BCUT2D eigenvalue weighted by Crippen LogP contribution is 2.31. The smallest absolute Gasteiger partial charge is 0.415 e. The van der Waals surface area contributed by atoms with Crippen LogP contribution in [0.5, 0.6) is 11.5 Å². The Morgan fingerprint density at radius 3 is 2.36 bits per heavy atom. The topological polar surface area (TPSA) is 114 Å². The van der Waals surface area contributed by atoms with Gasteiger partial charge in [-0.2, -0.15) is 0 Å². The summed E-state index contributed by atoms with van der Waals surface area (Å²) in [5, 5.41) is 11.4. The molecule has 1 aromatic heterocycles. The van der Waals surface area contributed by atoms with Crippen molar-refractivity contribution in [3.05, 3.63) is 66.1 Å². The van der Waals surface area contributed by atoms with Crippen LogP contribution in [0.3, 0.4) is 0 Å². The average molecular weight is 536 g/mol. The Balaban J connectivity index is 1.26. The average Bonchev–Trinajstić information content (AvgIpc) is 3.32. The van der Waals surface area contributed by atoms with Crippen molar-refractivity contribution in [3.63, 3.8) is 0 Å². The predicted molar refractivity (Wildman–Crippen MR) is 142 cm³/mol. The van der Waals surface area contributed by atoms with E-state index in [0.717, 1.165) is 42.7 Å². The number of aryl methyl sites for hydroxylation is 1. The maximum absolute atomic E-state index is 12.9. The molecular weight excluding hydrogens is 500 g/mol. The molecule has 0 aliphatic heterocycles. The van der Waals surface area contributed by atoms with Crippen LogP contribution in [0.4, 0.5) is 4.79 Å². The normalized spacial score (nSPS) is 17.8. The van der Waals surface area contributed by atoms with Gasteiger partial charge in [-0.15, -0.1) is 0 Å². The molecule has 3 aromatic rings. The third kappa shape index (κ3) is 7.60. The molecule has 1 unspecified atom stereocenters. The van der Waals surface area contributed by atoms with Crippen molar-refractivity contribution in [2.24, 2.45) is 5.92 Å². The molecule has 2 aromatic carbocycles. The minimum Gasteiger partial charge on any atom is -0.548 e. The molecule has 0 bridgehead atoms. The number of carbonyl (C=O) groups is 2. The highest BCUT2D eigenvalue weighted by atomic mass is 16.6. The second-order valence-electron chi connectivity index (χ2n) is 9.83. The summed E-state index contributed by atoms with van der Waals surface area (Å²) in [7, 11) is 1.54. The molecule has 0 spiro atoms. The minimum absolute atomic E-state index is 0.107. The molecule has 1 amide bonds. The lowest BCUT2D eigenvalue weighted by Gasteiger charge is -2.38. The Kier molecular flexibility index (Phi) is 9.59. The van der Waals surface area contributed by atoms with Gasteiger partial charge in [-0.05, 0) is 81.8 Å². The number of hydrogen-bond acceptors (Lipinski definition) is 8. The summed E-state index contributed by atoms with van der Waals surface area (Å²) in [5.41, 5.74) is 1.84. The third-order valence-electron chi connectivity index (χ3n) is 7.30. The maximum atomic E-state index is 12.9. The Bertz CT molecular complexity index is 1220. The summed E-state index contributed by atoms with van der Waals surface area (Å²) >= 11 is 0. The van der Waals surface area contributed by atoms with Gasteiger partial charge in [0.1, 0.15) is 17.3 Å². The molecule has 0 radical (unpaired) electrons. The van der Waals surface area contributed by atoms with Crippen LogP contribution in [0.15, 0.2) is 59.0 Å². The summed E-state index contributed by atoms with van der Waals surface area (Å²) in [6.45, 7) is 3.78. The van der Waals surface area contributed by atoms with Crippen LogP contribution in [0.1, 0.15) is 44.1 Å². The van der Waals surface area contributed by atoms with Crippen molar-refractivity contribution in [2.45, 2.75) is 58.1 Å². The van der Waals surface area contributed by atoms with Crippen LogP contribution in [-0.4, -0.2) is 54.4 Å². The van der Waals surface area contributed by atoms with Gasteiger partial charge in [0.25, 0.3) is 0 Å². The van der Waals surface area contributed by atoms with Gasteiger partial charge < -0.3 is 28.5 Å². The fourth-order valence-electron chi connectivity index (χ4n) is 5.00. The fraction of sp³-hybridized carbons (Fsp3) is 0.433. The minimum atomic E-state index is -1.33. The highest BCUT2D eigenvalue weighted by Gasteiger charge is 2.32. The molecule has 9 nitrogen and oxygen atoms in total. The van der Waals surface area contributed by atoms with Gasteiger partial charge in [0.2, 0.25) is 5.89 Å². The van der Waals surface area contributed by atoms with Crippen molar-refractivity contribution in [1.82, 2.24) is 9.88 Å². The van der Waals surface area contributed by atoms with Gasteiger partial charge in [0.15, 0.2) is 0 Å². The lowest BCUT2D eigenvalue weighted by Crippen LogP contribution is -2.50. The quantitative estimate of drug-likeness (QED) is 0.355. The Labute approximate surface area is 228 Å². The molecule has 1 heterocycles. The summed E-state index contributed by atoms with van der Waals surface area (Å²) in [5.74, 6) is 1.14. The number of benzene rings is 2. The lowest BCUT2D eigenvalue weighted by atomic mass is 9.82. The van der Waals surface area contributed by atoms with Gasteiger partial charge in [-0.25, -0.2) is 9.78 Å². The van der Waals surface area contributed by atoms with Crippen LogP contribution >= 0.6 is 0 Å². The van der Waals surface area contributed by atoms with E-state index in [1.807, 2.05) is 44.2 Å². The maximum Gasteiger partial charge on any atom is 0.415 e. The van der Waals surface area contributed by atoms with Crippen molar-refractivity contribution in [1.29, 1.82) is 0 Å². The van der Waals surface area contributed by atoms with Crippen LogP contribution in [-0.2, 0) is 16.0 Å². The molecule has 0 N–H and O–H groups in total. The Morgan fingerprint density at radius 2 is 1.72 bits per heavy atom. The molecule has 39 heavy (non-hydrogen) atoms. The summed E-state index contributed by atoms with van der Waals surface area (Å²) in [4.78, 5) is 30.2. The highest BCUT2D eigenvalue weighted by molar-refractivity contribution is 5.77. The van der Waals surface area contributed by atoms with Gasteiger partial charge >= 0.3 is 6.09 Å². The lowest BCUT2D eigenvalue weighted by molar-refractivity contribution is -0.306. The number of carboxylic acids is 1. The number of methoxy groups -OCH3 is 1. The zero-order valence-corrected chi connectivity index (χ0v) is 22.6. The number of hydrogen-bond donors (Lipinski definition) is 0. The molecule has 1 aliphatic rings. The molecule has 0 saturated heterocycles. The standard InChI is InChI=1S/C30H36N2O7/c1-20(32(19-28(33)34)30(35)39-26-15-13-24(36-3)14-16-26)22-9-11-25(12-10-22)37-18-17-27-21(2)38-29(31-27)23-7-5-4-6-8-23/h4-8,13-16,20,22,25H,9-12,17-19H2,1-3H3,(H,33,34)/p-1. The van der Waals surface area contributed by atoms with E-state index < -0.39 is 18.6 Å². The SMILES string of the molecule is COc1ccc(OC(=O)N(CC(=O)[O-])C(C)C2CCC(OCCc3nc(-c4ccccc4)oc3C)CC2)cc1. The van der Waals surface area contributed by atoms with Gasteiger partial charge in [-0.1, -0.05) is 18.2 Å². The van der Waals surface area contributed by atoms with E-state index in [1.165, 1.54) is 4.90 Å². The third-order valence-corrected chi connectivity index (χ3v) is 7.30. The van der Waals surface area contributed by atoms with E-state index >= 15 is 0 Å². The first-order chi connectivity index (χ1) is 18.8. The number of carbonyl (C=O) groups excluding carboxylic acids is 2. The summed E-state index contributed by atoms with van der Waals surface area (Å²) < 4.78 is 22.6. The first-order valence-electron chi connectivity index (χ1n) is 13.3. The van der Waals surface area contributed by atoms with Crippen molar-refractivity contribution < 1.29 is 33.3 Å². The van der Waals surface area contributed by atoms with Crippen LogP contribution in [0.2, 0.25) is 0 Å². The van der Waals surface area contributed by atoms with E-state index in [9.17, 15) is 14.7 Å². The molecule has 208 valence electrons. The van der Waals surface area contributed by atoms with Gasteiger partial charge in [-0.3, -0.25) is 4.90 Å². The zero-order chi connectivity index (χ0) is 27.8. The first-order valence-corrected chi connectivity index (χ1v) is 13.3. The second-order valence-corrected chi connectivity index (χ2v) is 9.83. The number of oxazole rings is 1. The molecule has 1 atom stereocenters. The molecule has 9 heteroatoms. The predicted octanol–water partition coefficient (Wildman–Crippen LogP) is 4.42. The number of aromatic nitrogens is 1. The van der Waals surface area contributed by atoms with Crippen LogP contribution in [0.25, 0.3) is 11.5 Å². The molecule has 1 aliphatic carbocycles. The number of nitrogens with zero attached hydrogens (tertiary/aromatic N) is 2. The molecule has 4 rings (SSSR count). The Morgan fingerprint density at radius 1 is 1.05 bits per heavy atom. The number of amides is 1. The Hall–Kier alpha value is -3.85. The second kappa shape index (κ2) is 13.3. The molecule has 1 saturated carbocycles. The van der Waals surface area contributed by atoms with E-state index in [4.69, 9.17) is 18.6 Å². The van der Waals surface area contributed by atoms with Crippen LogP contribution in [0, 0.1) is 12.8 Å². The van der Waals surface area contributed by atoms with Crippen molar-refractivity contribution in [3.8, 4) is 23.0 Å². The molecular formula is C30H35N2O7-. The van der Waals surface area contributed by atoms with Crippen LogP contribution < -0.4 is 14.6 Å². The number of aliphatic carboxylic acids is 1. The first kappa shape index (κ1) is 28.2. The summed E-state index contributed by atoms with van der Waals surface area (Å²) in [6.07, 6.45) is 3.33. The monoisotopic (exact) mass is 535 g/mol. The zero-order valence-electron chi connectivity index (χ0n) is 22.6. The van der Waals surface area contributed by atoms with Crippen molar-refractivity contribution in [2.75, 3.05) is 20.3 Å². The van der Waals surface area contributed by atoms with E-state index in [2.05, 4.69) is 4.98 Å². The van der Waals surface area contributed by atoms with Gasteiger partial charge in [0, 0.05) is 18.0 Å². The van der Waals surface area contributed by atoms with E-state index in [1.54, 1.807) is 31.4 Å². The van der Waals surface area contributed by atoms with E-state index in [0.29, 0.717) is 30.4 Å². The number of ether oxygens (including phenoxy) is 3. The number of carboxylic acid groups (broad SMARTS) is 1. The number of rotatable bonds is 11. The molecule has 1 fully saturated rings. The van der Waals surface area contributed by atoms with E-state index in [-0.39, 0.29) is 18.1 Å².